The number of fused-ring (bicyclic) bond motifs is 1. The quantitative estimate of drug-likeness (QED) is 0.897. The molecular weight excluding hydrogens is 318 g/mol. The second-order valence-corrected chi connectivity index (χ2v) is 7.15. The molecule has 1 aromatic rings. The highest BCUT2D eigenvalue weighted by atomic mass is 16.5. The van der Waals surface area contributed by atoms with Crippen molar-refractivity contribution < 1.29 is 14.3 Å². The van der Waals surface area contributed by atoms with E-state index in [-0.39, 0.29) is 6.03 Å². The number of hydrogen-bond acceptors (Lipinski definition) is 4. The van der Waals surface area contributed by atoms with Crippen LogP contribution >= 0.6 is 0 Å². The Morgan fingerprint density at radius 1 is 1.12 bits per heavy atom. The normalized spacial score (nSPS) is 25.0. The molecule has 0 radical (unpaired) electrons. The third-order valence-corrected chi connectivity index (χ3v) is 5.61. The van der Waals surface area contributed by atoms with Crippen molar-refractivity contribution in [3.8, 4) is 0 Å². The number of morpholine rings is 1. The van der Waals surface area contributed by atoms with Gasteiger partial charge in [0.2, 0.25) is 0 Å². The summed E-state index contributed by atoms with van der Waals surface area (Å²) in [6.07, 6.45) is 1.08. The number of amides is 2. The molecule has 3 heterocycles. The minimum Gasteiger partial charge on any atom is -0.381 e. The van der Waals surface area contributed by atoms with Gasteiger partial charge in [-0.05, 0) is 17.5 Å². The van der Waals surface area contributed by atoms with Gasteiger partial charge in [0, 0.05) is 51.3 Å². The van der Waals surface area contributed by atoms with E-state index in [1.165, 1.54) is 11.1 Å². The van der Waals surface area contributed by atoms with Gasteiger partial charge in [-0.25, -0.2) is 4.79 Å². The van der Waals surface area contributed by atoms with Crippen LogP contribution in [0.4, 0.5) is 4.79 Å². The molecular formula is C19H27N3O3. The van der Waals surface area contributed by atoms with Crippen LogP contribution < -0.4 is 5.32 Å². The second-order valence-electron chi connectivity index (χ2n) is 7.15. The maximum atomic E-state index is 12.7. The fourth-order valence-electron chi connectivity index (χ4n) is 4.14. The lowest BCUT2D eigenvalue weighted by molar-refractivity contribution is 0.00185. The van der Waals surface area contributed by atoms with Crippen molar-refractivity contribution in [2.24, 2.45) is 5.92 Å². The van der Waals surface area contributed by atoms with Crippen LogP contribution in [0.1, 0.15) is 17.5 Å². The number of rotatable bonds is 4. The van der Waals surface area contributed by atoms with Crippen molar-refractivity contribution in [1.82, 2.24) is 15.1 Å². The van der Waals surface area contributed by atoms with E-state index in [1.54, 1.807) is 0 Å². The van der Waals surface area contributed by atoms with Gasteiger partial charge in [-0.2, -0.15) is 0 Å². The Labute approximate surface area is 149 Å². The molecule has 6 heteroatoms. The Bertz CT molecular complexity index is 572. The van der Waals surface area contributed by atoms with Crippen LogP contribution in [-0.4, -0.2) is 67.9 Å². The van der Waals surface area contributed by atoms with Crippen LogP contribution in [0.3, 0.4) is 0 Å². The van der Waals surface area contributed by atoms with Crippen LogP contribution in [0.5, 0.6) is 0 Å². The van der Waals surface area contributed by atoms with Crippen molar-refractivity contribution >= 4 is 6.03 Å². The number of ether oxygens (including phenoxy) is 2. The van der Waals surface area contributed by atoms with E-state index in [4.69, 9.17) is 9.47 Å². The van der Waals surface area contributed by atoms with Crippen molar-refractivity contribution in [2.45, 2.75) is 25.6 Å². The molecule has 2 saturated heterocycles. The van der Waals surface area contributed by atoms with Gasteiger partial charge < -0.3 is 19.7 Å². The average molecular weight is 345 g/mol. The molecule has 4 rings (SSSR count). The maximum absolute atomic E-state index is 12.7. The lowest BCUT2D eigenvalue weighted by Crippen LogP contribution is -2.53. The standard InChI is InChI=1S/C19H27N3O3/c23-19(22-12-15-3-1-2-4-16(15)13-22)20-11-18(17-5-8-25-14-17)21-6-9-24-10-7-21/h1-4,17-18H,5-14H2,(H,20,23)/t17-,18-/m1/s1. The topological polar surface area (TPSA) is 54.0 Å². The molecule has 0 aliphatic carbocycles. The number of carbonyl (C=O) groups is 1. The lowest BCUT2D eigenvalue weighted by atomic mass is 9.97. The van der Waals surface area contributed by atoms with Gasteiger partial charge in [-0.3, -0.25) is 4.90 Å². The average Bonchev–Trinajstić information content (AvgIpc) is 3.32. The Balaban J connectivity index is 1.35. The molecule has 0 aromatic heterocycles. The van der Waals surface area contributed by atoms with Gasteiger partial charge in [0.15, 0.2) is 0 Å². The number of nitrogens with one attached hydrogen (secondary N) is 1. The summed E-state index contributed by atoms with van der Waals surface area (Å²) >= 11 is 0. The molecule has 25 heavy (non-hydrogen) atoms. The predicted molar refractivity (Wildman–Crippen MR) is 94.2 cm³/mol. The van der Waals surface area contributed by atoms with Crippen molar-refractivity contribution in [3.63, 3.8) is 0 Å². The highest BCUT2D eigenvalue weighted by Gasteiger charge is 2.32. The summed E-state index contributed by atoms with van der Waals surface area (Å²) in [6, 6.07) is 8.65. The van der Waals surface area contributed by atoms with Gasteiger partial charge >= 0.3 is 6.03 Å². The number of benzene rings is 1. The molecule has 0 saturated carbocycles. The largest absolute Gasteiger partial charge is 0.381 e. The van der Waals surface area contributed by atoms with Gasteiger partial charge in [0.25, 0.3) is 0 Å². The molecule has 0 spiro atoms. The fourth-order valence-corrected chi connectivity index (χ4v) is 4.14. The Morgan fingerprint density at radius 2 is 1.84 bits per heavy atom. The van der Waals surface area contributed by atoms with Crippen LogP contribution in [0, 0.1) is 5.92 Å². The van der Waals surface area contributed by atoms with Crippen LogP contribution in [0.2, 0.25) is 0 Å². The van der Waals surface area contributed by atoms with E-state index in [9.17, 15) is 4.79 Å². The second kappa shape index (κ2) is 7.72. The minimum absolute atomic E-state index is 0.0355. The van der Waals surface area contributed by atoms with E-state index >= 15 is 0 Å². The lowest BCUT2D eigenvalue weighted by Gasteiger charge is -2.37. The maximum Gasteiger partial charge on any atom is 0.318 e. The van der Waals surface area contributed by atoms with Gasteiger partial charge in [0.05, 0.1) is 19.8 Å². The number of urea groups is 1. The minimum atomic E-state index is 0.0355. The van der Waals surface area contributed by atoms with Crippen LogP contribution in [-0.2, 0) is 22.6 Å². The molecule has 3 aliphatic heterocycles. The molecule has 1 aromatic carbocycles. The predicted octanol–water partition coefficient (Wildman–Crippen LogP) is 1.45. The first kappa shape index (κ1) is 16.8. The molecule has 3 aliphatic rings. The third kappa shape index (κ3) is 3.81. The smallest absolute Gasteiger partial charge is 0.318 e. The van der Waals surface area contributed by atoms with E-state index in [0.717, 1.165) is 45.9 Å². The summed E-state index contributed by atoms with van der Waals surface area (Å²) in [5.74, 6) is 0.495. The summed E-state index contributed by atoms with van der Waals surface area (Å²) in [7, 11) is 0. The molecule has 1 N–H and O–H groups in total. The molecule has 0 bridgehead atoms. The molecule has 136 valence electrons. The van der Waals surface area contributed by atoms with Crippen molar-refractivity contribution in [1.29, 1.82) is 0 Å². The van der Waals surface area contributed by atoms with E-state index in [2.05, 4.69) is 22.3 Å². The first-order valence-electron chi connectivity index (χ1n) is 9.30. The number of nitrogens with zero attached hydrogens (tertiary/aromatic N) is 2. The van der Waals surface area contributed by atoms with Crippen LogP contribution in [0.15, 0.2) is 24.3 Å². The number of carbonyl (C=O) groups excluding carboxylic acids is 1. The highest BCUT2D eigenvalue weighted by molar-refractivity contribution is 5.75. The van der Waals surface area contributed by atoms with Gasteiger partial charge in [-0.1, -0.05) is 24.3 Å². The number of hydrogen-bond donors (Lipinski definition) is 1. The summed E-state index contributed by atoms with van der Waals surface area (Å²) < 4.78 is 11.1. The Morgan fingerprint density at radius 3 is 2.48 bits per heavy atom. The van der Waals surface area contributed by atoms with E-state index < -0.39 is 0 Å². The third-order valence-electron chi connectivity index (χ3n) is 5.61. The summed E-state index contributed by atoms with van der Waals surface area (Å²) in [6.45, 7) is 7.15. The summed E-state index contributed by atoms with van der Waals surface area (Å²) in [5.41, 5.74) is 2.51. The van der Waals surface area contributed by atoms with Crippen molar-refractivity contribution in [3.05, 3.63) is 35.4 Å². The first-order chi connectivity index (χ1) is 12.3. The fraction of sp³-hybridized carbons (Fsp3) is 0.632. The van der Waals surface area contributed by atoms with Gasteiger partial charge in [0.1, 0.15) is 0 Å². The zero-order valence-electron chi connectivity index (χ0n) is 14.7. The van der Waals surface area contributed by atoms with E-state index in [0.29, 0.717) is 31.6 Å². The molecule has 2 amide bonds. The zero-order valence-corrected chi connectivity index (χ0v) is 14.7. The monoisotopic (exact) mass is 345 g/mol. The first-order valence-corrected chi connectivity index (χ1v) is 9.30. The SMILES string of the molecule is O=C(NC[C@H]([C@@H]1CCOC1)N1CCOCC1)N1Cc2ccccc2C1. The molecule has 2 fully saturated rings. The van der Waals surface area contributed by atoms with E-state index in [1.807, 2.05) is 17.0 Å². The Kier molecular flexibility index (Phi) is 5.20. The van der Waals surface area contributed by atoms with Crippen molar-refractivity contribution in [2.75, 3.05) is 46.1 Å². The Hall–Kier alpha value is -1.63. The summed E-state index contributed by atoms with van der Waals surface area (Å²) in [4.78, 5) is 17.0. The molecule has 2 atom stereocenters. The van der Waals surface area contributed by atoms with Crippen LogP contribution in [0.25, 0.3) is 0 Å². The summed E-state index contributed by atoms with van der Waals surface area (Å²) in [5, 5.41) is 3.18. The molecule has 6 nitrogen and oxygen atoms in total. The molecule has 0 unspecified atom stereocenters. The highest BCUT2D eigenvalue weighted by Crippen LogP contribution is 2.24. The zero-order chi connectivity index (χ0) is 17.1. The van der Waals surface area contributed by atoms with Gasteiger partial charge in [-0.15, -0.1) is 0 Å².